The Bertz CT molecular complexity index is 453. The van der Waals surface area contributed by atoms with E-state index in [0.29, 0.717) is 19.0 Å². The van der Waals surface area contributed by atoms with Gasteiger partial charge in [-0.3, -0.25) is 0 Å². The minimum atomic E-state index is 0.121. The normalized spacial score (nSPS) is 19.5. The van der Waals surface area contributed by atoms with E-state index in [2.05, 4.69) is 17.6 Å². The Balaban J connectivity index is 2.08. The molecule has 0 spiro atoms. The largest absolute Gasteiger partial charge is 0.475 e. The first-order chi connectivity index (χ1) is 7.77. The summed E-state index contributed by atoms with van der Waals surface area (Å²) in [6, 6.07) is 0. The van der Waals surface area contributed by atoms with Crippen LogP contribution in [-0.4, -0.2) is 25.8 Å². The standard InChI is InChI=1S/C10H11NO3S2/c1-5(15)8-6-7(14-4-13-6)9(16-8)10-11-2-3-12-10/h5,15H,2-4H2,1H3. The van der Waals surface area contributed by atoms with Crippen molar-refractivity contribution in [2.24, 2.45) is 4.99 Å². The molecule has 16 heavy (non-hydrogen) atoms. The molecule has 0 N–H and O–H groups in total. The molecule has 6 heteroatoms. The molecule has 0 bridgehead atoms. The molecule has 86 valence electrons. The summed E-state index contributed by atoms with van der Waals surface area (Å²) in [5.41, 5.74) is 0. The molecule has 0 saturated heterocycles. The SMILES string of the molecule is CC(S)c1sc(C2=NCCO2)c2c1OCO2. The van der Waals surface area contributed by atoms with Crippen LogP contribution >= 0.6 is 24.0 Å². The van der Waals surface area contributed by atoms with Crippen LogP contribution in [0.5, 0.6) is 11.5 Å². The number of hydrogen-bond acceptors (Lipinski definition) is 6. The van der Waals surface area contributed by atoms with E-state index in [1.165, 1.54) is 0 Å². The topological polar surface area (TPSA) is 40.0 Å². The van der Waals surface area contributed by atoms with E-state index < -0.39 is 0 Å². The van der Waals surface area contributed by atoms with E-state index in [4.69, 9.17) is 14.2 Å². The molecule has 2 aliphatic rings. The number of rotatable bonds is 2. The molecule has 1 atom stereocenters. The smallest absolute Gasteiger partial charge is 0.231 e. The number of ether oxygens (including phenoxy) is 3. The summed E-state index contributed by atoms with van der Waals surface area (Å²) < 4.78 is 16.4. The van der Waals surface area contributed by atoms with E-state index in [-0.39, 0.29) is 12.0 Å². The second kappa shape index (κ2) is 3.85. The average Bonchev–Trinajstić information content (AvgIpc) is 2.93. The Morgan fingerprint density at radius 3 is 2.81 bits per heavy atom. The van der Waals surface area contributed by atoms with Gasteiger partial charge in [0.05, 0.1) is 11.4 Å². The molecule has 2 aliphatic heterocycles. The third-order valence-electron chi connectivity index (χ3n) is 2.41. The first-order valence-corrected chi connectivity index (χ1v) is 6.38. The Kier molecular flexibility index (Phi) is 2.48. The zero-order chi connectivity index (χ0) is 11.1. The lowest BCUT2D eigenvalue weighted by molar-refractivity contribution is 0.173. The fraction of sp³-hybridized carbons (Fsp3) is 0.500. The molecule has 1 aromatic rings. The van der Waals surface area contributed by atoms with Gasteiger partial charge in [-0.05, 0) is 6.92 Å². The summed E-state index contributed by atoms with van der Waals surface area (Å²) >= 11 is 6.02. The summed E-state index contributed by atoms with van der Waals surface area (Å²) in [4.78, 5) is 6.31. The second-order valence-electron chi connectivity index (χ2n) is 3.57. The summed E-state index contributed by atoms with van der Waals surface area (Å²) in [6.45, 7) is 3.65. The lowest BCUT2D eigenvalue weighted by atomic mass is 10.3. The molecule has 0 saturated carbocycles. The summed E-state index contributed by atoms with van der Waals surface area (Å²) in [6.07, 6.45) is 0. The summed E-state index contributed by atoms with van der Waals surface area (Å²) in [5.74, 6) is 2.24. The van der Waals surface area contributed by atoms with Crippen molar-refractivity contribution in [1.29, 1.82) is 0 Å². The van der Waals surface area contributed by atoms with Gasteiger partial charge in [-0.1, -0.05) is 0 Å². The fourth-order valence-electron chi connectivity index (χ4n) is 1.72. The van der Waals surface area contributed by atoms with Gasteiger partial charge in [0.1, 0.15) is 11.5 Å². The van der Waals surface area contributed by atoms with Gasteiger partial charge in [0, 0.05) is 5.25 Å². The van der Waals surface area contributed by atoms with Crippen LogP contribution in [0, 0.1) is 0 Å². The molecule has 0 aliphatic carbocycles. The monoisotopic (exact) mass is 257 g/mol. The maximum absolute atomic E-state index is 5.47. The number of aliphatic imine (C=N–C) groups is 1. The maximum atomic E-state index is 5.47. The molecule has 0 amide bonds. The van der Waals surface area contributed by atoms with Crippen LogP contribution in [0.1, 0.15) is 21.9 Å². The quantitative estimate of drug-likeness (QED) is 0.826. The third-order valence-corrected chi connectivity index (χ3v) is 4.17. The van der Waals surface area contributed by atoms with E-state index in [1.54, 1.807) is 11.3 Å². The van der Waals surface area contributed by atoms with Gasteiger partial charge < -0.3 is 14.2 Å². The number of thiol groups is 1. The van der Waals surface area contributed by atoms with Crippen LogP contribution in [-0.2, 0) is 4.74 Å². The van der Waals surface area contributed by atoms with Gasteiger partial charge in [0.15, 0.2) is 11.5 Å². The second-order valence-corrected chi connectivity index (χ2v) is 5.40. The zero-order valence-corrected chi connectivity index (χ0v) is 10.4. The van der Waals surface area contributed by atoms with Crippen molar-refractivity contribution in [2.75, 3.05) is 19.9 Å². The van der Waals surface area contributed by atoms with Gasteiger partial charge in [-0.15, -0.1) is 11.3 Å². The molecule has 0 aromatic carbocycles. The highest BCUT2D eigenvalue weighted by atomic mass is 32.1. The predicted octanol–water partition coefficient (Wildman–Crippen LogP) is 2.24. The Morgan fingerprint density at radius 1 is 1.31 bits per heavy atom. The van der Waals surface area contributed by atoms with Crippen molar-refractivity contribution in [3.05, 3.63) is 9.75 Å². The van der Waals surface area contributed by atoms with Gasteiger partial charge in [0.2, 0.25) is 12.7 Å². The van der Waals surface area contributed by atoms with Crippen molar-refractivity contribution in [2.45, 2.75) is 12.2 Å². The first kappa shape index (κ1) is 10.3. The third kappa shape index (κ3) is 1.48. The van der Waals surface area contributed by atoms with Gasteiger partial charge >= 0.3 is 0 Å². The molecule has 0 fully saturated rings. The molecule has 1 aromatic heterocycles. The zero-order valence-electron chi connectivity index (χ0n) is 8.73. The fourth-order valence-corrected chi connectivity index (χ4v) is 3.09. The molecule has 3 heterocycles. The Hall–Kier alpha value is -0.880. The highest BCUT2D eigenvalue weighted by Gasteiger charge is 2.31. The van der Waals surface area contributed by atoms with Crippen LogP contribution in [0.15, 0.2) is 4.99 Å². The number of hydrogen-bond donors (Lipinski definition) is 1. The summed E-state index contributed by atoms with van der Waals surface area (Å²) in [7, 11) is 0. The number of thiophene rings is 1. The molecular formula is C10H11NO3S2. The number of fused-ring (bicyclic) bond motifs is 1. The van der Waals surface area contributed by atoms with Crippen LogP contribution in [0.25, 0.3) is 0 Å². The average molecular weight is 257 g/mol. The minimum absolute atomic E-state index is 0.121. The van der Waals surface area contributed by atoms with Gasteiger partial charge in [-0.2, -0.15) is 12.6 Å². The van der Waals surface area contributed by atoms with E-state index in [0.717, 1.165) is 21.3 Å². The van der Waals surface area contributed by atoms with Gasteiger partial charge in [-0.25, -0.2) is 4.99 Å². The van der Waals surface area contributed by atoms with Crippen LogP contribution in [0.4, 0.5) is 0 Å². The predicted molar refractivity (Wildman–Crippen MR) is 65.2 cm³/mol. The molecular weight excluding hydrogens is 246 g/mol. The molecule has 3 rings (SSSR count). The first-order valence-electron chi connectivity index (χ1n) is 5.05. The van der Waals surface area contributed by atoms with Crippen molar-refractivity contribution in [3.8, 4) is 11.5 Å². The van der Waals surface area contributed by atoms with Crippen LogP contribution in [0.3, 0.4) is 0 Å². The van der Waals surface area contributed by atoms with E-state index >= 15 is 0 Å². The molecule has 4 nitrogen and oxygen atoms in total. The Morgan fingerprint density at radius 2 is 2.12 bits per heavy atom. The lowest BCUT2D eigenvalue weighted by Gasteiger charge is -2.02. The molecule has 1 unspecified atom stereocenters. The van der Waals surface area contributed by atoms with Crippen molar-refractivity contribution >= 4 is 29.9 Å². The van der Waals surface area contributed by atoms with Crippen LogP contribution in [0.2, 0.25) is 0 Å². The van der Waals surface area contributed by atoms with Crippen LogP contribution < -0.4 is 9.47 Å². The maximum Gasteiger partial charge on any atom is 0.231 e. The number of nitrogens with zero attached hydrogens (tertiary/aromatic N) is 1. The Labute approximate surface area is 103 Å². The van der Waals surface area contributed by atoms with Crippen molar-refractivity contribution in [3.63, 3.8) is 0 Å². The minimum Gasteiger partial charge on any atom is -0.475 e. The molecule has 0 radical (unpaired) electrons. The van der Waals surface area contributed by atoms with Gasteiger partial charge in [0.25, 0.3) is 0 Å². The van der Waals surface area contributed by atoms with E-state index in [1.807, 2.05) is 6.92 Å². The van der Waals surface area contributed by atoms with Crippen molar-refractivity contribution < 1.29 is 14.2 Å². The highest BCUT2D eigenvalue weighted by molar-refractivity contribution is 7.80. The lowest BCUT2D eigenvalue weighted by Crippen LogP contribution is -2.01. The van der Waals surface area contributed by atoms with E-state index in [9.17, 15) is 0 Å². The summed E-state index contributed by atoms with van der Waals surface area (Å²) in [5, 5.41) is 0.121. The highest BCUT2D eigenvalue weighted by Crippen LogP contribution is 2.49. The van der Waals surface area contributed by atoms with Crippen molar-refractivity contribution in [1.82, 2.24) is 0 Å².